The Morgan fingerprint density at radius 1 is 1.59 bits per heavy atom. The summed E-state index contributed by atoms with van der Waals surface area (Å²) in [5.41, 5.74) is 0.651. The number of carbonyl (C=O) groups is 1. The molecule has 1 aromatic rings. The van der Waals surface area contributed by atoms with E-state index in [0.717, 1.165) is 13.0 Å². The SMILES string of the molecule is COc1cc(C(=O)CC2CCOC2)ccc1Cl. The Morgan fingerprint density at radius 3 is 3.06 bits per heavy atom. The Balaban J connectivity index is 2.07. The maximum atomic E-state index is 12.0. The number of rotatable bonds is 4. The van der Waals surface area contributed by atoms with Crippen molar-refractivity contribution in [2.75, 3.05) is 20.3 Å². The summed E-state index contributed by atoms with van der Waals surface area (Å²) in [6, 6.07) is 5.13. The van der Waals surface area contributed by atoms with Crippen molar-refractivity contribution < 1.29 is 14.3 Å². The average molecular weight is 255 g/mol. The quantitative estimate of drug-likeness (QED) is 0.775. The van der Waals surface area contributed by atoms with Crippen molar-refractivity contribution >= 4 is 17.4 Å². The third-order valence-corrected chi connectivity index (χ3v) is 3.28. The van der Waals surface area contributed by atoms with Crippen LogP contribution in [0.3, 0.4) is 0 Å². The van der Waals surface area contributed by atoms with E-state index in [1.165, 1.54) is 0 Å². The lowest BCUT2D eigenvalue weighted by molar-refractivity contribution is 0.0952. The van der Waals surface area contributed by atoms with E-state index in [9.17, 15) is 4.79 Å². The fourth-order valence-electron chi connectivity index (χ4n) is 1.96. The summed E-state index contributed by atoms with van der Waals surface area (Å²) in [7, 11) is 1.54. The van der Waals surface area contributed by atoms with Gasteiger partial charge in [-0.25, -0.2) is 0 Å². The van der Waals surface area contributed by atoms with Crippen LogP contribution < -0.4 is 4.74 Å². The average Bonchev–Trinajstić information content (AvgIpc) is 2.82. The van der Waals surface area contributed by atoms with E-state index in [0.29, 0.717) is 35.3 Å². The molecule has 0 aliphatic carbocycles. The molecule has 3 nitrogen and oxygen atoms in total. The fraction of sp³-hybridized carbons (Fsp3) is 0.462. The first-order valence-electron chi connectivity index (χ1n) is 5.65. The van der Waals surface area contributed by atoms with Crippen molar-refractivity contribution in [2.45, 2.75) is 12.8 Å². The predicted octanol–water partition coefficient (Wildman–Crippen LogP) is 2.96. The number of hydrogen-bond acceptors (Lipinski definition) is 3. The Hall–Kier alpha value is -1.06. The van der Waals surface area contributed by atoms with Crippen LogP contribution in [-0.4, -0.2) is 26.1 Å². The molecule has 1 saturated heterocycles. The van der Waals surface area contributed by atoms with Crippen LogP contribution >= 0.6 is 11.6 Å². The summed E-state index contributed by atoms with van der Waals surface area (Å²) in [5.74, 6) is 1.01. The molecule has 1 aliphatic rings. The minimum atomic E-state index is 0.121. The summed E-state index contributed by atoms with van der Waals surface area (Å²) in [5, 5.41) is 0.522. The summed E-state index contributed by atoms with van der Waals surface area (Å²) < 4.78 is 10.4. The van der Waals surface area contributed by atoms with Crippen molar-refractivity contribution in [3.63, 3.8) is 0 Å². The van der Waals surface area contributed by atoms with Crippen molar-refractivity contribution in [3.8, 4) is 5.75 Å². The summed E-state index contributed by atoms with van der Waals surface area (Å²) in [6.07, 6.45) is 1.50. The highest BCUT2D eigenvalue weighted by Crippen LogP contribution is 2.27. The molecule has 0 spiro atoms. The molecule has 92 valence electrons. The van der Waals surface area contributed by atoms with Gasteiger partial charge in [0.25, 0.3) is 0 Å². The zero-order valence-electron chi connectivity index (χ0n) is 9.74. The lowest BCUT2D eigenvalue weighted by Gasteiger charge is -2.08. The highest BCUT2D eigenvalue weighted by molar-refractivity contribution is 6.32. The molecule has 2 rings (SSSR count). The van der Waals surface area contributed by atoms with Crippen LogP contribution in [0.25, 0.3) is 0 Å². The molecular formula is C13H15ClO3. The molecule has 1 fully saturated rings. The number of halogens is 1. The van der Waals surface area contributed by atoms with Gasteiger partial charge in [0.05, 0.1) is 12.1 Å². The van der Waals surface area contributed by atoms with Gasteiger partial charge < -0.3 is 9.47 Å². The monoisotopic (exact) mass is 254 g/mol. The van der Waals surface area contributed by atoms with Gasteiger partial charge in [-0.15, -0.1) is 0 Å². The molecule has 1 atom stereocenters. The maximum Gasteiger partial charge on any atom is 0.163 e. The van der Waals surface area contributed by atoms with Crippen LogP contribution in [-0.2, 0) is 4.74 Å². The molecule has 0 radical (unpaired) electrons. The summed E-state index contributed by atoms with van der Waals surface area (Å²) >= 11 is 5.92. The number of hydrogen-bond donors (Lipinski definition) is 0. The van der Waals surface area contributed by atoms with Crippen molar-refractivity contribution in [1.82, 2.24) is 0 Å². The highest BCUT2D eigenvalue weighted by Gasteiger charge is 2.20. The second-order valence-corrected chi connectivity index (χ2v) is 4.61. The first-order chi connectivity index (χ1) is 8.20. The van der Waals surface area contributed by atoms with E-state index in [-0.39, 0.29) is 5.78 Å². The van der Waals surface area contributed by atoms with Crippen molar-refractivity contribution in [1.29, 1.82) is 0 Å². The number of methoxy groups -OCH3 is 1. The van der Waals surface area contributed by atoms with Gasteiger partial charge in [0, 0.05) is 25.2 Å². The smallest absolute Gasteiger partial charge is 0.163 e. The van der Waals surface area contributed by atoms with Gasteiger partial charge in [0.1, 0.15) is 5.75 Å². The molecule has 0 aromatic heterocycles. The highest BCUT2D eigenvalue weighted by atomic mass is 35.5. The Morgan fingerprint density at radius 2 is 2.41 bits per heavy atom. The van der Waals surface area contributed by atoms with Gasteiger partial charge in [-0.2, -0.15) is 0 Å². The van der Waals surface area contributed by atoms with Crippen LogP contribution in [0, 0.1) is 5.92 Å². The van der Waals surface area contributed by atoms with Gasteiger partial charge in [-0.1, -0.05) is 11.6 Å². The molecule has 0 saturated carbocycles. The van der Waals surface area contributed by atoms with Crippen LogP contribution in [0.1, 0.15) is 23.2 Å². The molecule has 1 heterocycles. The van der Waals surface area contributed by atoms with Gasteiger partial charge >= 0.3 is 0 Å². The molecule has 0 amide bonds. The molecule has 1 aliphatic heterocycles. The third kappa shape index (κ3) is 2.99. The minimum absolute atomic E-state index is 0.121. The lowest BCUT2D eigenvalue weighted by atomic mass is 9.97. The standard InChI is InChI=1S/C13H15ClO3/c1-16-13-7-10(2-3-11(13)14)12(15)6-9-4-5-17-8-9/h2-3,7,9H,4-6,8H2,1H3. The topological polar surface area (TPSA) is 35.5 Å². The lowest BCUT2D eigenvalue weighted by Crippen LogP contribution is -2.08. The zero-order chi connectivity index (χ0) is 12.3. The Kier molecular flexibility index (Phi) is 4.02. The van der Waals surface area contributed by atoms with Gasteiger partial charge in [0.2, 0.25) is 0 Å². The largest absolute Gasteiger partial charge is 0.495 e. The number of Topliss-reactive ketones (excluding diaryl/α,β-unsaturated/α-hetero) is 1. The molecule has 0 bridgehead atoms. The molecule has 1 aromatic carbocycles. The number of benzene rings is 1. The Bertz CT molecular complexity index is 411. The first kappa shape index (κ1) is 12.4. The second kappa shape index (κ2) is 5.52. The molecule has 4 heteroatoms. The molecular weight excluding hydrogens is 240 g/mol. The van der Waals surface area contributed by atoms with E-state index in [4.69, 9.17) is 21.1 Å². The number of ether oxygens (including phenoxy) is 2. The van der Waals surface area contributed by atoms with Gasteiger partial charge in [0.15, 0.2) is 5.78 Å². The summed E-state index contributed by atoms with van der Waals surface area (Å²) in [6.45, 7) is 1.46. The fourth-order valence-corrected chi connectivity index (χ4v) is 2.15. The van der Waals surface area contributed by atoms with Crippen LogP contribution in [0.5, 0.6) is 5.75 Å². The normalized spacial score (nSPS) is 19.3. The first-order valence-corrected chi connectivity index (χ1v) is 6.03. The van der Waals surface area contributed by atoms with Gasteiger partial charge in [-0.05, 0) is 30.5 Å². The molecule has 0 N–H and O–H groups in total. The van der Waals surface area contributed by atoms with Crippen LogP contribution in [0.15, 0.2) is 18.2 Å². The number of ketones is 1. The third-order valence-electron chi connectivity index (χ3n) is 2.97. The summed E-state index contributed by atoms with van der Waals surface area (Å²) in [4.78, 5) is 12.0. The van der Waals surface area contributed by atoms with E-state index in [1.807, 2.05) is 0 Å². The molecule has 1 unspecified atom stereocenters. The van der Waals surface area contributed by atoms with E-state index in [1.54, 1.807) is 25.3 Å². The van der Waals surface area contributed by atoms with Crippen molar-refractivity contribution in [2.24, 2.45) is 5.92 Å². The maximum absolute atomic E-state index is 12.0. The minimum Gasteiger partial charge on any atom is -0.495 e. The van der Waals surface area contributed by atoms with E-state index >= 15 is 0 Å². The van der Waals surface area contributed by atoms with E-state index < -0.39 is 0 Å². The number of carbonyl (C=O) groups excluding carboxylic acids is 1. The van der Waals surface area contributed by atoms with Crippen LogP contribution in [0.2, 0.25) is 5.02 Å². The van der Waals surface area contributed by atoms with Gasteiger partial charge in [-0.3, -0.25) is 4.79 Å². The second-order valence-electron chi connectivity index (χ2n) is 4.21. The molecule has 17 heavy (non-hydrogen) atoms. The van der Waals surface area contributed by atoms with E-state index in [2.05, 4.69) is 0 Å². The zero-order valence-corrected chi connectivity index (χ0v) is 10.5. The van der Waals surface area contributed by atoms with Crippen LogP contribution in [0.4, 0.5) is 0 Å². The van der Waals surface area contributed by atoms with Crippen molar-refractivity contribution in [3.05, 3.63) is 28.8 Å². The predicted molar refractivity (Wildman–Crippen MR) is 65.9 cm³/mol. The Labute approximate surface area is 106 Å².